The average Bonchev–Trinajstić information content (AvgIpc) is 2.82. The molecule has 10 heteroatoms. The number of methoxy groups -OCH3 is 1. The van der Waals surface area contributed by atoms with E-state index in [1.165, 1.54) is 18.2 Å². The quantitative estimate of drug-likeness (QED) is 0.398. The van der Waals surface area contributed by atoms with E-state index in [2.05, 4.69) is 5.10 Å². The van der Waals surface area contributed by atoms with Gasteiger partial charge in [-0.1, -0.05) is 12.1 Å². The van der Waals surface area contributed by atoms with Crippen LogP contribution in [0.2, 0.25) is 0 Å². The summed E-state index contributed by atoms with van der Waals surface area (Å²) in [6.45, 7) is 2.22. The van der Waals surface area contributed by atoms with Crippen molar-refractivity contribution < 1.29 is 19.5 Å². The van der Waals surface area contributed by atoms with Gasteiger partial charge in [-0.05, 0) is 31.2 Å². The second kappa shape index (κ2) is 9.92. The van der Waals surface area contributed by atoms with Crippen molar-refractivity contribution in [3.8, 4) is 28.4 Å². The van der Waals surface area contributed by atoms with Crippen molar-refractivity contribution in [2.75, 3.05) is 38.8 Å². The van der Waals surface area contributed by atoms with Gasteiger partial charge in [0.2, 0.25) is 0 Å². The molecule has 1 N–H and O–H groups in total. The zero-order valence-electron chi connectivity index (χ0n) is 18.0. The molecule has 3 rings (SSSR count). The molecular weight excluding hydrogens is 416 g/mol. The van der Waals surface area contributed by atoms with Crippen molar-refractivity contribution in [1.29, 1.82) is 0 Å². The van der Waals surface area contributed by atoms with E-state index in [1.807, 2.05) is 13.0 Å². The van der Waals surface area contributed by atoms with Crippen LogP contribution in [0.1, 0.15) is 6.92 Å². The van der Waals surface area contributed by atoms with E-state index in [9.17, 15) is 14.9 Å². The highest BCUT2D eigenvalue weighted by atomic mass is 16.6. The summed E-state index contributed by atoms with van der Waals surface area (Å²) >= 11 is 0. The minimum absolute atomic E-state index is 0.00719. The molecule has 0 aliphatic carbocycles. The highest BCUT2D eigenvalue weighted by molar-refractivity contribution is 5.66. The van der Waals surface area contributed by atoms with Crippen molar-refractivity contribution in [1.82, 2.24) is 9.78 Å². The maximum absolute atomic E-state index is 13.3. The summed E-state index contributed by atoms with van der Waals surface area (Å²) in [6, 6.07) is 12.8. The maximum Gasteiger partial charge on any atom is 0.295 e. The highest BCUT2D eigenvalue weighted by Crippen LogP contribution is 2.29. The molecule has 168 valence electrons. The van der Waals surface area contributed by atoms with Gasteiger partial charge in [-0.15, -0.1) is 0 Å². The van der Waals surface area contributed by atoms with Crippen LogP contribution in [0.4, 0.5) is 11.4 Å². The van der Waals surface area contributed by atoms with Gasteiger partial charge in [0.1, 0.15) is 29.5 Å². The van der Waals surface area contributed by atoms with Gasteiger partial charge >= 0.3 is 0 Å². The first-order chi connectivity index (χ1) is 15.4. The third-order valence-corrected chi connectivity index (χ3v) is 4.88. The van der Waals surface area contributed by atoms with E-state index in [0.29, 0.717) is 29.2 Å². The number of hydrogen-bond acceptors (Lipinski definition) is 8. The Balaban J connectivity index is 2.30. The van der Waals surface area contributed by atoms with Crippen molar-refractivity contribution in [2.45, 2.75) is 6.92 Å². The number of nitro groups is 1. The monoisotopic (exact) mass is 440 g/mol. The van der Waals surface area contributed by atoms with Gasteiger partial charge in [-0.25, -0.2) is 0 Å². The fraction of sp³-hybridized carbons (Fsp3) is 0.273. The van der Waals surface area contributed by atoms with E-state index >= 15 is 0 Å². The van der Waals surface area contributed by atoms with Crippen LogP contribution in [0.25, 0.3) is 16.9 Å². The summed E-state index contributed by atoms with van der Waals surface area (Å²) in [5, 5.41) is 25.2. The zero-order valence-corrected chi connectivity index (χ0v) is 18.0. The van der Waals surface area contributed by atoms with Crippen molar-refractivity contribution in [3.63, 3.8) is 0 Å². The van der Waals surface area contributed by atoms with Crippen LogP contribution in [-0.4, -0.2) is 53.7 Å². The Morgan fingerprint density at radius 3 is 2.62 bits per heavy atom. The molecule has 0 saturated carbocycles. The van der Waals surface area contributed by atoms with Crippen LogP contribution in [0.15, 0.2) is 53.3 Å². The number of aromatic nitrogens is 2. The van der Waals surface area contributed by atoms with Gasteiger partial charge in [0.25, 0.3) is 11.2 Å². The summed E-state index contributed by atoms with van der Waals surface area (Å²) < 4.78 is 11.7. The van der Waals surface area contributed by atoms with Gasteiger partial charge in [-0.3, -0.25) is 14.9 Å². The Bertz CT molecular complexity index is 1180. The van der Waals surface area contributed by atoms with Crippen LogP contribution in [0.5, 0.6) is 11.5 Å². The Morgan fingerprint density at radius 1 is 1.19 bits per heavy atom. The Morgan fingerprint density at radius 2 is 1.97 bits per heavy atom. The molecule has 0 atom stereocenters. The molecule has 0 unspecified atom stereocenters. The maximum atomic E-state index is 13.3. The molecule has 0 spiro atoms. The SMILES string of the molecule is CCN(C)c1cc(-c2cccc(OC)c2)nn(-c2cc(OCCO)ccc2[N+](=O)[O-])c1=O. The molecule has 0 fully saturated rings. The second-order valence-electron chi connectivity index (χ2n) is 6.86. The first kappa shape index (κ1) is 22.8. The molecule has 0 radical (unpaired) electrons. The van der Waals surface area contributed by atoms with Gasteiger partial charge < -0.3 is 19.5 Å². The first-order valence-electron chi connectivity index (χ1n) is 9.92. The molecular formula is C22H24N4O6. The van der Waals surface area contributed by atoms with Gasteiger partial charge in [-0.2, -0.15) is 9.78 Å². The number of aliphatic hydroxyl groups excluding tert-OH is 1. The molecule has 0 bridgehead atoms. The molecule has 3 aromatic rings. The van der Waals surface area contributed by atoms with Gasteiger partial charge in [0.05, 0.1) is 24.3 Å². The number of benzene rings is 2. The van der Waals surface area contributed by atoms with Crippen molar-refractivity contribution in [3.05, 3.63) is 69.0 Å². The molecule has 0 aliphatic rings. The smallest absolute Gasteiger partial charge is 0.295 e. The fourth-order valence-electron chi connectivity index (χ4n) is 3.09. The molecule has 32 heavy (non-hydrogen) atoms. The Hall–Kier alpha value is -3.92. The van der Waals surface area contributed by atoms with E-state index < -0.39 is 10.5 Å². The van der Waals surface area contributed by atoms with Gasteiger partial charge in [0, 0.05) is 31.3 Å². The topological polar surface area (TPSA) is 120 Å². The Kier molecular flexibility index (Phi) is 7.06. The fourth-order valence-corrected chi connectivity index (χ4v) is 3.09. The molecule has 0 aliphatic heterocycles. The number of aliphatic hydroxyl groups is 1. The lowest BCUT2D eigenvalue weighted by atomic mass is 10.1. The second-order valence-corrected chi connectivity index (χ2v) is 6.86. The number of nitro benzene ring substituents is 1. The van der Waals surface area contributed by atoms with E-state index in [-0.39, 0.29) is 30.3 Å². The lowest BCUT2D eigenvalue weighted by Gasteiger charge is -2.19. The normalized spacial score (nSPS) is 10.6. The highest BCUT2D eigenvalue weighted by Gasteiger charge is 2.22. The minimum Gasteiger partial charge on any atom is -0.497 e. The zero-order chi connectivity index (χ0) is 23.3. The molecule has 0 saturated heterocycles. The summed E-state index contributed by atoms with van der Waals surface area (Å²) in [5.74, 6) is 0.878. The predicted molar refractivity (Wildman–Crippen MR) is 120 cm³/mol. The molecule has 1 heterocycles. The van der Waals surface area contributed by atoms with Crippen molar-refractivity contribution >= 4 is 11.4 Å². The number of hydrogen-bond donors (Lipinski definition) is 1. The summed E-state index contributed by atoms with van der Waals surface area (Å²) in [6.07, 6.45) is 0. The van der Waals surface area contributed by atoms with Crippen molar-refractivity contribution in [2.24, 2.45) is 0 Å². The van der Waals surface area contributed by atoms with E-state index in [4.69, 9.17) is 14.6 Å². The van der Waals surface area contributed by atoms with E-state index in [1.54, 1.807) is 43.3 Å². The minimum atomic E-state index is -0.583. The lowest BCUT2D eigenvalue weighted by molar-refractivity contribution is -0.384. The summed E-state index contributed by atoms with van der Waals surface area (Å²) in [7, 11) is 3.30. The third kappa shape index (κ3) is 4.70. The standard InChI is InChI=1S/C22H24N4O6/c1-4-24(2)21-14-18(15-6-5-7-16(12-15)31-3)23-25(22(21)28)20-13-17(32-11-10-27)8-9-19(20)26(29)30/h5-9,12-14,27H,4,10-11H2,1-3H3. The number of rotatable bonds is 9. The molecule has 1 aromatic heterocycles. The number of ether oxygens (including phenoxy) is 2. The first-order valence-corrected chi connectivity index (χ1v) is 9.92. The average molecular weight is 440 g/mol. The van der Waals surface area contributed by atoms with E-state index in [0.717, 1.165) is 4.68 Å². The summed E-state index contributed by atoms with van der Waals surface area (Å²) in [4.78, 5) is 26.2. The van der Waals surface area contributed by atoms with Crippen LogP contribution in [0, 0.1) is 10.1 Å². The number of anilines is 1. The molecule has 2 aromatic carbocycles. The number of nitrogens with zero attached hydrogens (tertiary/aromatic N) is 4. The van der Waals surface area contributed by atoms with Crippen LogP contribution >= 0.6 is 0 Å². The van der Waals surface area contributed by atoms with Crippen LogP contribution in [0.3, 0.4) is 0 Å². The van der Waals surface area contributed by atoms with Crippen LogP contribution in [-0.2, 0) is 0 Å². The largest absolute Gasteiger partial charge is 0.497 e. The third-order valence-electron chi connectivity index (χ3n) is 4.88. The van der Waals surface area contributed by atoms with Crippen LogP contribution < -0.4 is 19.9 Å². The molecule has 10 nitrogen and oxygen atoms in total. The lowest BCUT2D eigenvalue weighted by Crippen LogP contribution is -2.30. The molecule has 0 amide bonds. The van der Waals surface area contributed by atoms with Gasteiger partial charge in [0.15, 0.2) is 0 Å². The Labute approximate surface area is 184 Å². The predicted octanol–water partition coefficient (Wildman–Crippen LogP) is 2.64. The summed E-state index contributed by atoms with van der Waals surface area (Å²) in [5.41, 5.74) is 0.600.